The number of hydrogen-bond donors (Lipinski definition) is 1. The zero-order valence-electron chi connectivity index (χ0n) is 11.7. The maximum absolute atomic E-state index is 5.64. The number of anilines is 1. The van der Waals surface area contributed by atoms with Crippen LogP contribution in [-0.2, 0) is 6.54 Å². The maximum atomic E-state index is 5.64. The van der Waals surface area contributed by atoms with Gasteiger partial charge in [-0.2, -0.15) is 0 Å². The van der Waals surface area contributed by atoms with E-state index in [-0.39, 0.29) is 0 Å². The van der Waals surface area contributed by atoms with Crippen LogP contribution in [0.1, 0.15) is 23.3 Å². The van der Waals surface area contributed by atoms with Gasteiger partial charge in [0.25, 0.3) is 0 Å². The molecule has 0 saturated heterocycles. The fourth-order valence-corrected chi connectivity index (χ4v) is 2.32. The minimum absolute atomic E-state index is 0.708. The van der Waals surface area contributed by atoms with E-state index in [0.717, 1.165) is 25.3 Å². The van der Waals surface area contributed by atoms with Crippen LogP contribution in [0.25, 0.3) is 0 Å². The summed E-state index contributed by atoms with van der Waals surface area (Å²) in [5.74, 6) is 0.983. The van der Waals surface area contributed by atoms with Crippen molar-refractivity contribution in [3.05, 3.63) is 53.5 Å². The molecular formula is C16H22N2O. The molecule has 102 valence electrons. The lowest BCUT2D eigenvalue weighted by Crippen LogP contribution is -2.26. The van der Waals surface area contributed by atoms with E-state index in [1.54, 1.807) is 6.26 Å². The molecule has 0 aliphatic heterocycles. The summed E-state index contributed by atoms with van der Waals surface area (Å²) in [6.07, 6.45) is 2.70. The summed E-state index contributed by atoms with van der Waals surface area (Å²) in [5, 5.41) is 0. The molecule has 0 aliphatic rings. The Labute approximate surface area is 115 Å². The lowest BCUT2D eigenvalue weighted by Gasteiger charge is -2.25. The van der Waals surface area contributed by atoms with Gasteiger partial charge in [0.2, 0.25) is 0 Å². The Morgan fingerprint density at radius 2 is 2.05 bits per heavy atom. The topological polar surface area (TPSA) is 42.4 Å². The normalized spacial score (nSPS) is 10.7. The molecule has 0 unspecified atom stereocenters. The third-order valence-corrected chi connectivity index (χ3v) is 3.25. The van der Waals surface area contributed by atoms with Crippen molar-refractivity contribution in [3.8, 4) is 0 Å². The van der Waals surface area contributed by atoms with Crippen molar-refractivity contribution in [2.45, 2.75) is 26.8 Å². The highest BCUT2D eigenvalue weighted by Gasteiger charge is 2.11. The molecule has 1 aromatic carbocycles. The molecule has 2 N–H and O–H groups in total. The van der Waals surface area contributed by atoms with Crippen LogP contribution >= 0.6 is 0 Å². The highest BCUT2D eigenvalue weighted by molar-refractivity contribution is 5.54. The Hall–Kier alpha value is -1.74. The second kappa shape index (κ2) is 6.43. The van der Waals surface area contributed by atoms with Crippen molar-refractivity contribution in [1.82, 2.24) is 0 Å². The third kappa shape index (κ3) is 3.61. The lowest BCUT2D eigenvalue weighted by atomic mass is 10.1. The number of furan rings is 1. The first-order valence-electron chi connectivity index (χ1n) is 6.75. The van der Waals surface area contributed by atoms with Crippen LogP contribution in [0.15, 0.2) is 41.0 Å². The molecule has 0 spiro atoms. The van der Waals surface area contributed by atoms with Gasteiger partial charge >= 0.3 is 0 Å². The Balaban J connectivity index is 2.20. The van der Waals surface area contributed by atoms with Crippen LogP contribution in [0.3, 0.4) is 0 Å². The average molecular weight is 258 g/mol. The maximum Gasteiger partial charge on any atom is 0.123 e. The molecule has 0 amide bonds. The zero-order chi connectivity index (χ0) is 13.7. The Bertz CT molecular complexity index is 505. The predicted molar refractivity (Wildman–Crippen MR) is 79.3 cm³/mol. The smallest absolute Gasteiger partial charge is 0.123 e. The van der Waals surface area contributed by atoms with Crippen LogP contribution in [-0.4, -0.2) is 13.1 Å². The molecule has 3 nitrogen and oxygen atoms in total. The van der Waals surface area contributed by atoms with Gasteiger partial charge in [-0.25, -0.2) is 0 Å². The quantitative estimate of drug-likeness (QED) is 0.864. The molecule has 2 rings (SSSR count). The summed E-state index contributed by atoms with van der Waals surface area (Å²) in [4.78, 5) is 2.33. The van der Waals surface area contributed by atoms with E-state index >= 15 is 0 Å². The first-order valence-corrected chi connectivity index (χ1v) is 6.75. The average Bonchev–Trinajstić information content (AvgIpc) is 2.88. The van der Waals surface area contributed by atoms with Gasteiger partial charge in [0.15, 0.2) is 0 Å². The number of aryl methyl sites for hydroxylation is 2. The Kier molecular flexibility index (Phi) is 4.63. The summed E-state index contributed by atoms with van der Waals surface area (Å²) in [6.45, 7) is 6.71. The first-order chi connectivity index (χ1) is 9.20. The molecule has 0 aliphatic carbocycles. The molecule has 2 aromatic rings. The lowest BCUT2D eigenvalue weighted by molar-refractivity contribution is 0.500. The van der Waals surface area contributed by atoms with Crippen molar-refractivity contribution < 1.29 is 4.42 Å². The molecule has 0 radical (unpaired) electrons. The summed E-state index contributed by atoms with van der Waals surface area (Å²) in [5.41, 5.74) is 9.48. The summed E-state index contributed by atoms with van der Waals surface area (Å²) < 4.78 is 5.46. The minimum atomic E-state index is 0.708. The van der Waals surface area contributed by atoms with Crippen molar-refractivity contribution in [1.29, 1.82) is 0 Å². The van der Waals surface area contributed by atoms with Gasteiger partial charge in [-0.1, -0.05) is 17.7 Å². The highest BCUT2D eigenvalue weighted by Crippen LogP contribution is 2.23. The Morgan fingerprint density at radius 1 is 1.21 bits per heavy atom. The molecule has 1 heterocycles. The van der Waals surface area contributed by atoms with Crippen LogP contribution in [0.4, 0.5) is 5.69 Å². The SMILES string of the molecule is Cc1ccc(N(CCCN)Cc2ccco2)c(C)c1. The molecular weight excluding hydrogens is 236 g/mol. The van der Waals surface area contributed by atoms with Crippen molar-refractivity contribution in [2.24, 2.45) is 5.73 Å². The van der Waals surface area contributed by atoms with E-state index in [2.05, 4.69) is 36.9 Å². The number of hydrogen-bond acceptors (Lipinski definition) is 3. The largest absolute Gasteiger partial charge is 0.467 e. The third-order valence-electron chi connectivity index (χ3n) is 3.25. The minimum Gasteiger partial charge on any atom is -0.467 e. The Morgan fingerprint density at radius 3 is 2.68 bits per heavy atom. The molecule has 0 saturated carbocycles. The van der Waals surface area contributed by atoms with Gasteiger partial charge < -0.3 is 15.1 Å². The van der Waals surface area contributed by atoms with Crippen molar-refractivity contribution >= 4 is 5.69 Å². The van der Waals surface area contributed by atoms with Crippen LogP contribution in [0, 0.1) is 13.8 Å². The predicted octanol–water partition coefficient (Wildman–Crippen LogP) is 3.25. The standard InChI is InChI=1S/C16H22N2O/c1-13-6-7-16(14(2)11-13)18(9-4-8-17)12-15-5-3-10-19-15/h3,5-7,10-11H,4,8-9,12,17H2,1-2H3. The van der Waals surface area contributed by atoms with Crippen LogP contribution < -0.4 is 10.6 Å². The molecule has 0 fully saturated rings. The van der Waals surface area contributed by atoms with E-state index in [1.807, 2.05) is 12.1 Å². The summed E-state index contributed by atoms with van der Waals surface area (Å²) in [6, 6.07) is 10.5. The number of rotatable bonds is 6. The molecule has 3 heteroatoms. The van der Waals surface area contributed by atoms with Crippen molar-refractivity contribution in [2.75, 3.05) is 18.0 Å². The number of nitrogens with zero attached hydrogens (tertiary/aromatic N) is 1. The van der Waals surface area contributed by atoms with Crippen LogP contribution in [0.5, 0.6) is 0 Å². The molecule has 0 atom stereocenters. The molecule has 19 heavy (non-hydrogen) atoms. The van der Waals surface area contributed by atoms with Gasteiger partial charge in [0.1, 0.15) is 5.76 Å². The summed E-state index contributed by atoms with van der Waals surface area (Å²) >= 11 is 0. The van der Waals surface area contributed by atoms with E-state index in [9.17, 15) is 0 Å². The fraction of sp³-hybridized carbons (Fsp3) is 0.375. The number of nitrogens with two attached hydrogens (primary N) is 1. The second-order valence-electron chi connectivity index (χ2n) is 4.93. The highest BCUT2D eigenvalue weighted by atomic mass is 16.3. The van der Waals surface area contributed by atoms with E-state index < -0.39 is 0 Å². The van der Waals surface area contributed by atoms with Gasteiger partial charge in [-0.15, -0.1) is 0 Å². The number of benzene rings is 1. The van der Waals surface area contributed by atoms with Crippen LogP contribution in [0.2, 0.25) is 0 Å². The fourth-order valence-electron chi connectivity index (χ4n) is 2.32. The zero-order valence-corrected chi connectivity index (χ0v) is 11.7. The van der Waals surface area contributed by atoms with E-state index in [0.29, 0.717) is 6.54 Å². The molecule has 1 aromatic heterocycles. The van der Waals surface area contributed by atoms with Gasteiger partial charge in [0.05, 0.1) is 12.8 Å². The van der Waals surface area contributed by atoms with E-state index in [4.69, 9.17) is 10.2 Å². The first kappa shape index (κ1) is 13.7. The van der Waals surface area contributed by atoms with Gasteiger partial charge in [-0.05, 0) is 50.6 Å². The van der Waals surface area contributed by atoms with Gasteiger partial charge in [-0.3, -0.25) is 0 Å². The summed E-state index contributed by atoms with van der Waals surface area (Å²) in [7, 11) is 0. The monoisotopic (exact) mass is 258 g/mol. The second-order valence-corrected chi connectivity index (χ2v) is 4.93. The van der Waals surface area contributed by atoms with E-state index in [1.165, 1.54) is 16.8 Å². The molecule has 0 bridgehead atoms. The van der Waals surface area contributed by atoms with Gasteiger partial charge in [0, 0.05) is 12.2 Å². The van der Waals surface area contributed by atoms with Crippen molar-refractivity contribution in [3.63, 3.8) is 0 Å².